The fraction of sp³-hybridized carbons (Fsp3) is 0. The van der Waals surface area contributed by atoms with Gasteiger partial charge in [-0.05, 0) is 48.5 Å². The van der Waals surface area contributed by atoms with Gasteiger partial charge in [0.1, 0.15) is 17.0 Å². The summed E-state index contributed by atoms with van der Waals surface area (Å²) in [5.74, 6) is 0.873. The van der Waals surface area contributed by atoms with Crippen LogP contribution < -0.4 is 0 Å². The monoisotopic (exact) mass is 523 g/mol. The minimum absolute atomic E-state index is 0.859. The van der Waals surface area contributed by atoms with Crippen LogP contribution in [-0.2, 0) is 0 Å². The molecule has 6 aromatic carbocycles. The molecule has 4 nitrogen and oxygen atoms in total. The molecule has 0 aliphatic carbocycles. The summed E-state index contributed by atoms with van der Waals surface area (Å²) in [5.41, 5.74) is 9.56. The van der Waals surface area contributed by atoms with Gasteiger partial charge in [0.05, 0.1) is 33.1 Å². The molecule has 0 saturated heterocycles. The molecule has 0 aliphatic heterocycles. The van der Waals surface area contributed by atoms with Gasteiger partial charge in [-0.15, -0.1) is 0 Å². The zero-order chi connectivity index (χ0) is 26.7. The molecule has 4 heteroatoms. The molecule has 0 fully saturated rings. The second-order valence-corrected chi connectivity index (χ2v) is 10.8. The van der Waals surface area contributed by atoms with Crippen LogP contribution in [-0.4, -0.2) is 14.0 Å². The fourth-order valence-corrected chi connectivity index (χ4v) is 6.95. The van der Waals surface area contributed by atoms with E-state index in [9.17, 15) is 0 Å². The molecule has 0 N–H and O–H groups in total. The Kier molecular flexibility index (Phi) is 3.90. The van der Waals surface area contributed by atoms with Crippen molar-refractivity contribution in [3.63, 3.8) is 0 Å². The van der Waals surface area contributed by atoms with Crippen molar-refractivity contribution in [3.8, 4) is 17.1 Å². The molecule has 0 amide bonds. The molecule has 41 heavy (non-hydrogen) atoms. The molecule has 10 aromatic rings. The van der Waals surface area contributed by atoms with Crippen molar-refractivity contribution in [2.75, 3.05) is 0 Å². The number of para-hydroxylation sites is 6. The van der Waals surface area contributed by atoms with E-state index in [2.05, 4.69) is 124 Å². The van der Waals surface area contributed by atoms with E-state index in [1.54, 1.807) is 0 Å². The predicted octanol–water partition coefficient (Wildman–Crippen LogP) is 9.74. The summed E-state index contributed by atoms with van der Waals surface area (Å²) in [6.45, 7) is 0. The van der Waals surface area contributed by atoms with E-state index in [4.69, 9.17) is 9.40 Å². The number of nitrogens with zero attached hydrogens (tertiary/aromatic N) is 3. The van der Waals surface area contributed by atoms with Gasteiger partial charge in [-0.25, -0.2) is 4.98 Å². The summed E-state index contributed by atoms with van der Waals surface area (Å²) in [4.78, 5) is 5.22. The quantitative estimate of drug-likeness (QED) is 0.226. The van der Waals surface area contributed by atoms with Crippen molar-refractivity contribution in [2.45, 2.75) is 0 Å². The Balaban J connectivity index is 1.37. The van der Waals surface area contributed by atoms with Crippen LogP contribution in [0.1, 0.15) is 0 Å². The zero-order valence-corrected chi connectivity index (χ0v) is 21.9. The highest BCUT2D eigenvalue weighted by Crippen LogP contribution is 2.42. The lowest BCUT2D eigenvalue weighted by Gasteiger charge is -2.11. The largest absolute Gasteiger partial charge is 0.455 e. The van der Waals surface area contributed by atoms with Gasteiger partial charge in [-0.3, -0.25) is 4.57 Å². The normalized spacial score (nSPS) is 12.4. The second-order valence-electron chi connectivity index (χ2n) is 10.8. The van der Waals surface area contributed by atoms with E-state index >= 15 is 0 Å². The Labute approximate surface area is 233 Å². The number of hydrogen-bond donors (Lipinski definition) is 0. The van der Waals surface area contributed by atoms with Gasteiger partial charge in [0, 0.05) is 38.0 Å². The van der Waals surface area contributed by atoms with Crippen molar-refractivity contribution in [1.29, 1.82) is 0 Å². The molecule has 0 bridgehead atoms. The molecule has 0 unspecified atom stereocenters. The van der Waals surface area contributed by atoms with Crippen molar-refractivity contribution in [1.82, 2.24) is 14.0 Å². The summed E-state index contributed by atoms with van der Waals surface area (Å²) in [7, 11) is 0. The van der Waals surface area contributed by atoms with Crippen LogP contribution in [0.3, 0.4) is 0 Å². The zero-order valence-electron chi connectivity index (χ0n) is 21.9. The number of rotatable bonds is 2. The lowest BCUT2D eigenvalue weighted by molar-refractivity contribution is 0.669. The third kappa shape index (κ3) is 2.66. The van der Waals surface area contributed by atoms with Crippen molar-refractivity contribution >= 4 is 71.1 Å². The Bertz CT molecular complexity index is 2570. The van der Waals surface area contributed by atoms with Crippen LogP contribution >= 0.6 is 0 Å². The minimum Gasteiger partial charge on any atom is -0.455 e. The number of hydrogen-bond acceptors (Lipinski definition) is 2. The maximum atomic E-state index is 6.48. The first-order valence-corrected chi connectivity index (χ1v) is 13.9. The van der Waals surface area contributed by atoms with E-state index in [0.717, 1.165) is 50.0 Å². The number of fused-ring (bicyclic) bond motifs is 10. The van der Waals surface area contributed by atoms with Crippen LogP contribution in [0.2, 0.25) is 0 Å². The lowest BCUT2D eigenvalue weighted by Crippen LogP contribution is -1.98. The standard InChI is InChI=1S/C37H21N3O/c1-5-16-31-23(10-1)28-20-22(21-29-24-11-2-6-17-32(24)40(31)35(28)29)39-33-18-7-4-15-30(33)38-37(39)27-14-9-13-26-25-12-3-8-19-34(25)41-36(26)27/h1-21H. The van der Waals surface area contributed by atoms with Gasteiger partial charge in [0.15, 0.2) is 0 Å². The number of aromatic nitrogens is 3. The van der Waals surface area contributed by atoms with Gasteiger partial charge >= 0.3 is 0 Å². The highest BCUT2D eigenvalue weighted by atomic mass is 16.3. The average molecular weight is 524 g/mol. The maximum absolute atomic E-state index is 6.48. The van der Waals surface area contributed by atoms with Gasteiger partial charge in [0.25, 0.3) is 0 Å². The first kappa shape index (κ1) is 21.2. The van der Waals surface area contributed by atoms with E-state index in [-0.39, 0.29) is 0 Å². The van der Waals surface area contributed by atoms with Crippen LogP contribution in [0.25, 0.3) is 88.1 Å². The highest BCUT2D eigenvalue weighted by Gasteiger charge is 2.23. The van der Waals surface area contributed by atoms with Gasteiger partial charge in [-0.2, -0.15) is 0 Å². The first-order valence-electron chi connectivity index (χ1n) is 13.9. The molecule has 4 heterocycles. The summed E-state index contributed by atoms with van der Waals surface area (Å²) in [5, 5.41) is 7.22. The molecule has 0 saturated carbocycles. The van der Waals surface area contributed by atoms with E-state index in [1.165, 1.54) is 38.1 Å². The molecule has 4 aromatic heterocycles. The van der Waals surface area contributed by atoms with E-state index < -0.39 is 0 Å². The SMILES string of the molecule is c1ccc2c(c1)nc(-c1cccc3c1oc1ccccc13)n2-c1cc2c3ccccc3n3c4ccccc4c(c1)c23. The Morgan fingerprint density at radius 1 is 0.512 bits per heavy atom. The highest BCUT2D eigenvalue weighted by molar-refractivity contribution is 6.24. The molecule has 10 rings (SSSR count). The van der Waals surface area contributed by atoms with Crippen LogP contribution in [0.15, 0.2) is 132 Å². The molecule has 190 valence electrons. The van der Waals surface area contributed by atoms with Crippen molar-refractivity contribution in [2.24, 2.45) is 0 Å². The predicted molar refractivity (Wildman–Crippen MR) is 168 cm³/mol. The fourth-order valence-electron chi connectivity index (χ4n) is 6.95. The Morgan fingerprint density at radius 2 is 1.12 bits per heavy atom. The topological polar surface area (TPSA) is 35.4 Å². The van der Waals surface area contributed by atoms with E-state index in [0.29, 0.717) is 0 Å². The summed E-state index contributed by atoms with van der Waals surface area (Å²) in [6.07, 6.45) is 0. The number of benzene rings is 6. The molecule has 0 atom stereocenters. The van der Waals surface area contributed by atoms with Crippen molar-refractivity contribution in [3.05, 3.63) is 127 Å². The van der Waals surface area contributed by atoms with Crippen molar-refractivity contribution < 1.29 is 4.42 Å². The van der Waals surface area contributed by atoms with Gasteiger partial charge in [-0.1, -0.05) is 78.9 Å². The summed E-state index contributed by atoms with van der Waals surface area (Å²) >= 11 is 0. The van der Waals surface area contributed by atoms with Crippen LogP contribution in [0.5, 0.6) is 0 Å². The summed E-state index contributed by atoms with van der Waals surface area (Å²) < 4.78 is 11.2. The van der Waals surface area contributed by atoms with Crippen LogP contribution in [0, 0.1) is 0 Å². The average Bonchev–Trinajstić information content (AvgIpc) is 3.77. The molecular weight excluding hydrogens is 502 g/mol. The third-order valence-electron chi connectivity index (χ3n) is 8.65. The smallest absolute Gasteiger partial charge is 0.149 e. The van der Waals surface area contributed by atoms with Gasteiger partial charge in [0.2, 0.25) is 0 Å². The Hall–Kier alpha value is -5.61. The Morgan fingerprint density at radius 3 is 1.88 bits per heavy atom. The third-order valence-corrected chi connectivity index (χ3v) is 8.65. The lowest BCUT2D eigenvalue weighted by atomic mass is 10.1. The maximum Gasteiger partial charge on any atom is 0.149 e. The number of furan rings is 1. The van der Waals surface area contributed by atoms with Crippen LogP contribution in [0.4, 0.5) is 0 Å². The molecular formula is C37H21N3O. The second kappa shape index (κ2) is 7.52. The molecule has 0 spiro atoms. The molecule has 0 radical (unpaired) electrons. The van der Waals surface area contributed by atoms with E-state index in [1.807, 2.05) is 12.1 Å². The summed E-state index contributed by atoms with van der Waals surface area (Å²) in [6, 6.07) is 45.1. The van der Waals surface area contributed by atoms with Gasteiger partial charge < -0.3 is 8.82 Å². The molecule has 0 aliphatic rings. The minimum atomic E-state index is 0.859. The first-order chi connectivity index (χ1) is 20.3. The number of imidazole rings is 1.